The molecule has 2 atom stereocenters. The van der Waals surface area contributed by atoms with Crippen LogP contribution in [-0.2, 0) is 0 Å². The van der Waals surface area contributed by atoms with Gasteiger partial charge in [-0.3, -0.25) is 0 Å². The quantitative estimate of drug-likeness (QED) is 0.312. The predicted octanol–water partition coefficient (Wildman–Crippen LogP) is 7.88. The van der Waals surface area contributed by atoms with Crippen LogP contribution in [0.2, 0.25) is 0 Å². The van der Waals surface area contributed by atoms with Crippen LogP contribution < -0.4 is 4.90 Å². The second kappa shape index (κ2) is 9.06. The summed E-state index contributed by atoms with van der Waals surface area (Å²) in [5.41, 5.74) is 8.02. The molecule has 3 nitrogen and oxygen atoms in total. The number of nitrogens with zero attached hydrogens (tertiary/aromatic N) is 3. The molecule has 6 rings (SSSR count). The summed E-state index contributed by atoms with van der Waals surface area (Å²) in [5, 5.41) is 20.1. The molecule has 2 bridgehead atoms. The van der Waals surface area contributed by atoms with Crippen molar-refractivity contribution in [3.05, 3.63) is 132 Å². The highest BCUT2D eigenvalue weighted by Crippen LogP contribution is 2.48. The maximum atomic E-state index is 10.3. The van der Waals surface area contributed by atoms with Gasteiger partial charge in [0.2, 0.25) is 0 Å². The maximum absolute atomic E-state index is 10.3. The summed E-state index contributed by atoms with van der Waals surface area (Å²) in [4.78, 5) is 2.40. The van der Waals surface area contributed by atoms with Crippen molar-refractivity contribution in [1.29, 1.82) is 10.5 Å². The van der Waals surface area contributed by atoms with E-state index in [1.165, 1.54) is 11.3 Å². The molecule has 1 heterocycles. The lowest BCUT2D eigenvalue weighted by Gasteiger charge is -2.41. The van der Waals surface area contributed by atoms with E-state index in [-0.39, 0.29) is 6.04 Å². The van der Waals surface area contributed by atoms with Crippen LogP contribution in [0.3, 0.4) is 0 Å². The first-order valence-electron chi connectivity index (χ1n) is 12.2. The molecule has 2 unspecified atom stereocenters. The Morgan fingerprint density at radius 2 is 1.39 bits per heavy atom. The standard InChI is InChI=1S/C33H23N3/c34-21-25-18-19-28(23-10-2-1-3-11-23)33(30(25)22-35)29-15-7-9-17-32(29)36-26-13-5-4-12-24(20-26)27-14-6-8-16-31(27)36/h1-19,24,26H,20H2. The summed E-state index contributed by atoms with van der Waals surface area (Å²) in [6.07, 6.45) is 9.81. The van der Waals surface area contributed by atoms with E-state index in [1.54, 1.807) is 6.07 Å². The average Bonchev–Trinajstić information content (AvgIpc) is 3.16. The van der Waals surface area contributed by atoms with E-state index < -0.39 is 0 Å². The normalized spacial score (nSPS) is 17.6. The van der Waals surface area contributed by atoms with Crippen LogP contribution in [0.4, 0.5) is 11.4 Å². The molecule has 4 aromatic rings. The third-order valence-electron chi connectivity index (χ3n) is 7.17. The van der Waals surface area contributed by atoms with Crippen LogP contribution in [0.1, 0.15) is 29.0 Å². The van der Waals surface area contributed by atoms with Gasteiger partial charge in [0.05, 0.1) is 17.2 Å². The van der Waals surface area contributed by atoms with E-state index in [0.29, 0.717) is 17.0 Å². The van der Waals surface area contributed by atoms with Gasteiger partial charge in [-0.25, -0.2) is 0 Å². The molecular formula is C33H23N3. The fourth-order valence-electron chi connectivity index (χ4n) is 5.58. The Morgan fingerprint density at radius 1 is 0.667 bits per heavy atom. The van der Waals surface area contributed by atoms with Crippen molar-refractivity contribution in [2.24, 2.45) is 0 Å². The first-order valence-corrected chi connectivity index (χ1v) is 12.2. The molecule has 2 aliphatic rings. The van der Waals surface area contributed by atoms with Gasteiger partial charge in [0, 0.05) is 28.4 Å². The highest BCUT2D eigenvalue weighted by atomic mass is 15.2. The Hall–Kier alpha value is -4.86. The van der Waals surface area contributed by atoms with Crippen LogP contribution in [0, 0.1) is 22.7 Å². The molecule has 1 aliphatic carbocycles. The van der Waals surface area contributed by atoms with Crippen molar-refractivity contribution < 1.29 is 0 Å². The molecule has 36 heavy (non-hydrogen) atoms. The molecule has 0 saturated carbocycles. The van der Waals surface area contributed by atoms with Crippen molar-refractivity contribution in [1.82, 2.24) is 0 Å². The molecule has 1 aliphatic heterocycles. The minimum atomic E-state index is 0.172. The Morgan fingerprint density at radius 3 is 2.19 bits per heavy atom. The average molecular weight is 462 g/mol. The Bertz CT molecular complexity index is 1600. The fraction of sp³-hybridized carbons (Fsp3) is 0.0909. The molecule has 0 N–H and O–H groups in total. The monoisotopic (exact) mass is 461 g/mol. The lowest BCUT2D eigenvalue weighted by molar-refractivity contribution is 0.620. The lowest BCUT2D eigenvalue weighted by atomic mass is 9.84. The SMILES string of the molecule is N#Cc1ccc(-c2ccccc2)c(-c2ccccc2N2c3ccccc3C3C=CC=CC2C3)c1C#N. The highest BCUT2D eigenvalue weighted by molar-refractivity contribution is 5.95. The van der Waals surface area contributed by atoms with Crippen molar-refractivity contribution in [2.45, 2.75) is 18.4 Å². The number of benzene rings is 4. The first-order chi connectivity index (χ1) is 17.8. The van der Waals surface area contributed by atoms with E-state index in [2.05, 4.69) is 95.9 Å². The minimum absolute atomic E-state index is 0.172. The van der Waals surface area contributed by atoms with Gasteiger partial charge >= 0.3 is 0 Å². The number of fused-ring (bicyclic) bond motifs is 4. The summed E-state index contributed by atoms with van der Waals surface area (Å²) in [6.45, 7) is 0. The van der Waals surface area contributed by atoms with Gasteiger partial charge in [-0.05, 0) is 41.3 Å². The molecule has 0 saturated heterocycles. The number of allylic oxidation sites excluding steroid dienone is 3. The van der Waals surface area contributed by atoms with Crippen LogP contribution in [0.5, 0.6) is 0 Å². The van der Waals surface area contributed by atoms with Crippen LogP contribution in [0.15, 0.2) is 115 Å². The number of hydrogen-bond donors (Lipinski definition) is 0. The molecule has 3 heteroatoms. The summed E-state index contributed by atoms with van der Waals surface area (Å²) in [7, 11) is 0. The Labute approximate surface area is 211 Å². The third kappa shape index (κ3) is 3.50. The highest BCUT2D eigenvalue weighted by Gasteiger charge is 2.33. The Kier molecular flexibility index (Phi) is 5.45. The zero-order valence-electron chi connectivity index (χ0n) is 19.7. The molecule has 170 valence electrons. The molecule has 0 aromatic heterocycles. The summed E-state index contributed by atoms with van der Waals surface area (Å²) < 4.78 is 0. The number of hydrogen-bond acceptors (Lipinski definition) is 3. The van der Waals surface area contributed by atoms with E-state index in [9.17, 15) is 10.5 Å². The number of rotatable bonds is 3. The number of nitriles is 2. The smallest absolute Gasteiger partial charge is 0.101 e. The van der Waals surface area contributed by atoms with Gasteiger partial charge in [0.15, 0.2) is 0 Å². The van der Waals surface area contributed by atoms with Gasteiger partial charge in [0.1, 0.15) is 12.1 Å². The number of anilines is 2. The van der Waals surface area contributed by atoms with Gasteiger partial charge in [0.25, 0.3) is 0 Å². The first kappa shape index (κ1) is 21.7. The third-order valence-corrected chi connectivity index (χ3v) is 7.17. The molecule has 0 radical (unpaired) electrons. The molecule has 0 amide bonds. The lowest BCUT2D eigenvalue weighted by Crippen LogP contribution is -2.35. The van der Waals surface area contributed by atoms with Crippen molar-refractivity contribution in [3.63, 3.8) is 0 Å². The molecular weight excluding hydrogens is 438 g/mol. The van der Waals surface area contributed by atoms with E-state index >= 15 is 0 Å². The molecule has 0 spiro atoms. The van der Waals surface area contributed by atoms with Gasteiger partial charge in [-0.15, -0.1) is 0 Å². The van der Waals surface area contributed by atoms with Crippen molar-refractivity contribution >= 4 is 11.4 Å². The summed E-state index contributed by atoms with van der Waals surface area (Å²) in [6, 6.07) is 35.5. The van der Waals surface area contributed by atoms with Gasteiger partial charge < -0.3 is 4.90 Å². The fourth-order valence-corrected chi connectivity index (χ4v) is 5.58. The van der Waals surface area contributed by atoms with Gasteiger partial charge in [-0.2, -0.15) is 10.5 Å². The Balaban J connectivity index is 1.65. The van der Waals surface area contributed by atoms with E-state index in [4.69, 9.17) is 0 Å². The van der Waals surface area contributed by atoms with Crippen molar-refractivity contribution in [2.75, 3.05) is 4.90 Å². The number of para-hydroxylation sites is 2. The largest absolute Gasteiger partial charge is 0.334 e. The van der Waals surface area contributed by atoms with E-state index in [1.807, 2.05) is 30.3 Å². The molecule has 0 fully saturated rings. The van der Waals surface area contributed by atoms with Crippen LogP contribution in [0.25, 0.3) is 22.3 Å². The minimum Gasteiger partial charge on any atom is -0.334 e. The zero-order valence-corrected chi connectivity index (χ0v) is 19.7. The summed E-state index contributed by atoms with van der Waals surface area (Å²) in [5.74, 6) is 0.362. The zero-order chi connectivity index (χ0) is 24.5. The second-order valence-corrected chi connectivity index (χ2v) is 9.13. The van der Waals surface area contributed by atoms with Crippen molar-refractivity contribution in [3.8, 4) is 34.4 Å². The summed E-state index contributed by atoms with van der Waals surface area (Å²) >= 11 is 0. The second-order valence-electron chi connectivity index (χ2n) is 9.13. The van der Waals surface area contributed by atoms with Crippen LogP contribution in [-0.4, -0.2) is 6.04 Å². The van der Waals surface area contributed by atoms with Gasteiger partial charge in [-0.1, -0.05) is 97.1 Å². The maximum Gasteiger partial charge on any atom is 0.101 e. The van der Waals surface area contributed by atoms with E-state index in [0.717, 1.165) is 34.4 Å². The molecule has 4 aromatic carbocycles. The van der Waals surface area contributed by atoms with Crippen LogP contribution >= 0.6 is 0 Å². The topological polar surface area (TPSA) is 50.8 Å². The predicted molar refractivity (Wildman–Crippen MR) is 145 cm³/mol.